The van der Waals surface area contributed by atoms with Crippen LogP contribution in [0.25, 0.3) is 0 Å². The van der Waals surface area contributed by atoms with E-state index in [0.717, 1.165) is 38.5 Å². The molecule has 3 fully saturated rings. The van der Waals surface area contributed by atoms with Crippen LogP contribution in [0.15, 0.2) is 0 Å². The minimum absolute atomic E-state index is 0.0258. The molecule has 1 heterocycles. The second-order valence-corrected chi connectivity index (χ2v) is 7.37. The van der Waals surface area contributed by atoms with Crippen molar-refractivity contribution in [1.82, 2.24) is 4.90 Å². The summed E-state index contributed by atoms with van der Waals surface area (Å²) in [5.41, 5.74) is 5.46. The highest BCUT2D eigenvalue weighted by atomic mass is 16.2. The van der Waals surface area contributed by atoms with Crippen molar-refractivity contribution < 1.29 is 9.59 Å². The summed E-state index contributed by atoms with van der Waals surface area (Å²) in [6.45, 7) is 2.39. The van der Waals surface area contributed by atoms with Crippen molar-refractivity contribution in [1.29, 1.82) is 0 Å². The van der Waals surface area contributed by atoms with Gasteiger partial charge in [-0.25, -0.2) is 0 Å². The Kier molecular flexibility index (Phi) is 3.39. The Morgan fingerprint density at radius 1 is 1.15 bits per heavy atom. The highest BCUT2D eigenvalue weighted by molar-refractivity contribution is 5.99. The van der Waals surface area contributed by atoms with Crippen molar-refractivity contribution in [2.45, 2.75) is 70.3 Å². The first-order valence-electron chi connectivity index (χ1n) is 8.07. The highest BCUT2D eigenvalue weighted by Crippen LogP contribution is 2.49. The van der Waals surface area contributed by atoms with E-state index in [4.69, 9.17) is 5.73 Å². The van der Waals surface area contributed by atoms with E-state index in [9.17, 15) is 9.59 Å². The van der Waals surface area contributed by atoms with Crippen LogP contribution in [0.2, 0.25) is 0 Å². The van der Waals surface area contributed by atoms with Crippen LogP contribution in [-0.4, -0.2) is 28.8 Å². The minimum Gasteiger partial charge on any atom is -0.328 e. The number of imide groups is 1. The Morgan fingerprint density at radius 2 is 1.70 bits per heavy atom. The summed E-state index contributed by atoms with van der Waals surface area (Å²) in [5.74, 6) is 0.479. The van der Waals surface area contributed by atoms with Crippen molar-refractivity contribution >= 4 is 11.8 Å². The third-order valence-electron chi connectivity index (χ3n) is 5.85. The molecule has 1 unspecified atom stereocenters. The molecule has 0 aromatic carbocycles. The largest absolute Gasteiger partial charge is 0.328 e. The second kappa shape index (κ2) is 4.83. The quantitative estimate of drug-likeness (QED) is 0.805. The van der Waals surface area contributed by atoms with Crippen molar-refractivity contribution in [3.8, 4) is 0 Å². The van der Waals surface area contributed by atoms with Gasteiger partial charge < -0.3 is 5.73 Å². The number of amides is 2. The van der Waals surface area contributed by atoms with Crippen molar-refractivity contribution in [3.05, 3.63) is 0 Å². The Labute approximate surface area is 121 Å². The van der Waals surface area contributed by atoms with Gasteiger partial charge in [-0.15, -0.1) is 0 Å². The molecule has 2 saturated carbocycles. The topological polar surface area (TPSA) is 63.4 Å². The zero-order chi connectivity index (χ0) is 14.4. The molecule has 3 aliphatic rings. The third-order valence-corrected chi connectivity index (χ3v) is 5.85. The van der Waals surface area contributed by atoms with E-state index in [2.05, 4.69) is 0 Å². The minimum atomic E-state index is -0.440. The van der Waals surface area contributed by atoms with Gasteiger partial charge in [-0.05, 0) is 43.9 Å². The molecule has 2 aliphatic carbocycles. The molecule has 0 aromatic heterocycles. The predicted molar refractivity (Wildman–Crippen MR) is 76.8 cm³/mol. The SMILES string of the molecule is CC(CN)(C1CC1)N1C(=O)CC2(CCCCC2)CC1=O. The normalized spacial score (nSPS) is 29.6. The van der Waals surface area contributed by atoms with Crippen molar-refractivity contribution in [2.75, 3.05) is 6.54 Å². The number of hydrogen-bond acceptors (Lipinski definition) is 3. The summed E-state index contributed by atoms with van der Waals surface area (Å²) in [6, 6.07) is 0. The molecule has 3 rings (SSSR count). The molecular formula is C16H26N2O2. The molecule has 2 amide bonds. The molecule has 20 heavy (non-hydrogen) atoms. The van der Waals surface area contributed by atoms with Crippen molar-refractivity contribution in [3.63, 3.8) is 0 Å². The van der Waals surface area contributed by atoms with Crippen LogP contribution in [0, 0.1) is 11.3 Å². The highest BCUT2D eigenvalue weighted by Gasteiger charge is 2.53. The molecule has 112 valence electrons. The van der Waals surface area contributed by atoms with E-state index in [0.29, 0.717) is 25.3 Å². The Bertz CT molecular complexity index is 404. The number of piperidine rings is 1. The van der Waals surface area contributed by atoms with Gasteiger partial charge in [-0.2, -0.15) is 0 Å². The Morgan fingerprint density at radius 3 is 2.15 bits per heavy atom. The first-order valence-corrected chi connectivity index (χ1v) is 8.07. The monoisotopic (exact) mass is 278 g/mol. The molecule has 0 bridgehead atoms. The van der Waals surface area contributed by atoms with E-state index < -0.39 is 5.54 Å². The van der Waals surface area contributed by atoms with Gasteiger partial charge >= 0.3 is 0 Å². The maximum absolute atomic E-state index is 12.7. The average Bonchev–Trinajstić information content (AvgIpc) is 3.22. The molecule has 0 radical (unpaired) electrons. The average molecular weight is 278 g/mol. The molecule has 1 saturated heterocycles. The van der Waals surface area contributed by atoms with Gasteiger partial charge in [0.2, 0.25) is 11.8 Å². The molecule has 4 nitrogen and oxygen atoms in total. The van der Waals surface area contributed by atoms with Crippen LogP contribution in [0.4, 0.5) is 0 Å². The van der Waals surface area contributed by atoms with E-state index in [1.165, 1.54) is 6.42 Å². The second-order valence-electron chi connectivity index (χ2n) is 7.37. The van der Waals surface area contributed by atoms with E-state index >= 15 is 0 Å². The zero-order valence-electron chi connectivity index (χ0n) is 12.5. The summed E-state index contributed by atoms with van der Waals surface area (Å²) in [7, 11) is 0. The third kappa shape index (κ3) is 2.18. The lowest BCUT2D eigenvalue weighted by molar-refractivity contribution is -0.162. The van der Waals surface area contributed by atoms with Gasteiger partial charge in [0.15, 0.2) is 0 Å². The van der Waals surface area contributed by atoms with Crippen LogP contribution in [0.5, 0.6) is 0 Å². The lowest BCUT2D eigenvalue weighted by atomic mass is 9.67. The summed E-state index contributed by atoms with van der Waals surface area (Å²) in [5, 5.41) is 0. The van der Waals surface area contributed by atoms with Crippen LogP contribution in [0.1, 0.15) is 64.7 Å². The molecule has 1 atom stereocenters. The van der Waals surface area contributed by atoms with Gasteiger partial charge in [-0.3, -0.25) is 14.5 Å². The standard InChI is InChI=1S/C16H26N2O2/c1-15(11-17,12-5-6-12)18-13(19)9-16(10-14(18)20)7-3-2-4-8-16/h12H,2-11,17H2,1H3. The first kappa shape index (κ1) is 14.1. The lowest BCUT2D eigenvalue weighted by Crippen LogP contribution is -2.62. The van der Waals surface area contributed by atoms with Crippen LogP contribution in [0.3, 0.4) is 0 Å². The number of likely N-dealkylation sites (tertiary alicyclic amines) is 1. The van der Waals surface area contributed by atoms with Crippen LogP contribution >= 0.6 is 0 Å². The zero-order valence-corrected chi connectivity index (χ0v) is 12.5. The molecular weight excluding hydrogens is 252 g/mol. The van der Waals surface area contributed by atoms with Gasteiger partial charge in [-0.1, -0.05) is 19.3 Å². The predicted octanol–water partition coefficient (Wildman–Crippen LogP) is 2.21. The molecule has 1 aliphatic heterocycles. The van der Waals surface area contributed by atoms with Crippen molar-refractivity contribution in [2.24, 2.45) is 17.1 Å². The van der Waals surface area contributed by atoms with E-state index in [1.807, 2.05) is 6.92 Å². The van der Waals surface area contributed by atoms with Crippen LogP contribution < -0.4 is 5.73 Å². The number of carbonyl (C=O) groups is 2. The smallest absolute Gasteiger partial charge is 0.230 e. The number of carbonyl (C=O) groups excluding carboxylic acids is 2. The molecule has 0 aromatic rings. The fourth-order valence-electron chi connectivity index (χ4n) is 4.37. The maximum Gasteiger partial charge on any atom is 0.230 e. The lowest BCUT2D eigenvalue weighted by Gasteiger charge is -2.48. The summed E-state index contributed by atoms with van der Waals surface area (Å²) in [4.78, 5) is 26.9. The number of nitrogens with zero attached hydrogens (tertiary/aromatic N) is 1. The summed E-state index contributed by atoms with van der Waals surface area (Å²) < 4.78 is 0. The Hall–Kier alpha value is -0.900. The number of hydrogen-bond donors (Lipinski definition) is 1. The molecule has 4 heteroatoms. The van der Waals surface area contributed by atoms with Gasteiger partial charge in [0.25, 0.3) is 0 Å². The molecule has 1 spiro atoms. The van der Waals surface area contributed by atoms with Gasteiger partial charge in [0.05, 0.1) is 5.54 Å². The van der Waals surface area contributed by atoms with Crippen LogP contribution in [-0.2, 0) is 9.59 Å². The molecule has 2 N–H and O–H groups in total. The fraction of sp³-hybridized carbons (Fsp3) is 0.875. The summed E-state index contributed by atoms with van der Waals surface area (Å²) in [6.07, 6.45) is 8.96. The first-order chi connectivity index (χ1) is 9.51. The fourth-order valence-corrected chi connectivity index (χ4v) is 4.37. The van der Waals surface area contributed by atoms with E-state index in [1.54, 1.807) is 4.90 Å². The number of rotatable bonds is 3. The summed E-state index contributed by atoms with van der Waals surface area (Å²) >= 11 is 0. The number of nitrogens with two attached hydrogens (primary N) is 1. The Balaban J connectivity index is 1.81. The maximum atomic E-state index is 12.7. The van der Waals surface area contributed by atoms with Gasteiger partial charge in [0, 0.05) is 19.4 Å². The van der Waals surface area contributed by atoms with E-state index in [-0.39, 0.29) is 17.2 Å². The van der Waals surface area contributed by atoms with Gasteiger partial charge in [0.1, 0.15) is 0 Å².